The van der Waals surface area contributed by atoms with Crippen LogP contribution in [0.2, 0.25) is 0 Å². The second kappa shape index (κ2) is 9.23. The van der Waals surface area contributed by atoms with Gasteiger partial charge in [0.05, 0.1) is 12.2 Å². The lowest BCUT2D eigenvalue weighted by atomic mass is 10.1. The Hall–Kier alpha value is -1.71. The lowest BCUT2D eigenvalue weighted by Crippen LogP contribution is -2.48. The Labute approximate surface area is 116 Å². The molecule has 0 saturated carbocycles. The van der Waals surface area contributed by atoms with Gasteiger partial charge in [-0.15, -0.1) is 0 Å². The third-order valence-electron chi connectivity index (χ3n) is 2.65. The molecule has 0 spiro atoms. The van der Waals surface area contributed by atoms with Gasteiger partial charge < -0.3 is 32.7 Å². The van der Waals surface area contributed by atoms with E-state index in [1.165, 1.54) is 0 Å². The van der Waals surface area contributed by atoms with E-state index in [4.69, 9.17) is 27.4 Å². The largest absolute Gasteiger partial charge is 0.481 e. The molecule has 0 aromatic heterocycles. The highest BCUT2D eigenvalue weighted by molar-refractivity contribution is 5.87. The van der Waals surface area contributed by atoms with E-state index in [0.29, 0.717) is 12.8 Å². The summed E-state index contributed by atoms with van der Waals surface area (Å²) in [6.45, 7) is 0. The van der Waals surface area contributed by atoms with Crippen molar-refractivity contribution in [3.8, 4) is 0 Å². The summed E-state index contributed by atoms with van der Waals surface area (Å²) < 4.78 is 0. The van der Waals surface area contributed by atoms with Crippen LogP contribution < -0.4 is 22.5 Å². The molecule has 0 aromatic rings. The smallest absolute Gasteiger partial charge is 0.326 e. The van der Waals surface area contributed by atoms with Crippen molar-refractivity contribution >= 4 is 17.8 Å². The molecule has 2 atom stereocenters. The number of amides is 1. The van der Waals surface area contributed by atoms with Crippen LogP contribution in [0.25, 0.3) is 0 Å². The summed E-state index contributed by atoms with van der Waals surface area (Å²) in [6.07, 6.45) is 0.218. The number of nitrogens with one attached hydrogen (secondary N) is 1. The van der Waals surface area contributed by atoms with E-state index >= 15 is 0 Å². The summed E-state index contributed by atoms with van der Waals surface area (Å²) in [5.74, 6) is -2.94. The minimum absolute atomic E-state index is 0.0544. The quantitative estimate of drug-likeness (QED) is 0.254. The van der Waals surface area contributed by atoms with Gasteiger partial charge in [-0.3, -0.25) is 9.59 Å². The number of hydrogen-bond acceptors (Lipinski definition) is 6. The molecule has 0 rings (SSSR count). The molecule has 9 heteroatoms. The molecule has 116 valence electrons. The van der Waals surface area contributed by atoms with Crippen molar-refractivity contribution in [3.05, 3.63) is 0 Å². The van der Waals surface area contributed by atoms with Crippen LogP contribution >= 0.6 is 0 Å². The lowest BCUT2D eigenvalue weighted by Gasteiger charge is -2.17. The van der Waals surface area contributed by atoms with Crippen LogP contribution in [0.3, 0.4) is 0 Å². The fourth-order valence-corrected chi connectivity index (χ4v) is 1.50. The summed E-state index contributed by atoms with van der Waals surface area (Å²) in [6, 6.07) is -2.14. The standard InChI is InChI=1S/C11H22N4O5/c12-6(4-5-9(16)17)10(18)15-7(11(19)20)2-1-3-8(13)14/h6-8H,1-5,12-14H2,(H,15,18)(H,16,17)(H,19,20)/t6-,7-/m0/s1. The van der Waals surface area contributed by atoms with E-state index in [1.54, 1.807) is 0 Å². The molecular weight excluding hydrogens is 268 g/mol. The van der Waals surface area contributed by atoms with E-state index in [1.807, 2.05) is 0 Å². The van der Waals surface area contributed by atoms with Gasteiger partial charge in [0.25, 0.3) is 0 Å². The molecule has 20 heavy (non-hydrogen) atoms. The second-order valence-electron chi connectivity index (χ2n) is 4.53. The molecule has 0 aromatic carbocycles. The zero-order valence-electron chi connectivity index (χ0n) is 11.1. The molecule has 0 aliphatic carbocycles. The number of nitrogens with two attached hydrogens (primary N) is 3. The predicted octanol–water partition coefficient (Wildman–Crippen LogP) is -1.84. The molecule has 0 radical (unpaired) electrons. The Morgan fingerprint density at radius 3 is 2.05 bits per heavy atom. The van der Waals surface area contributed by atoms with Crippen LogP contribution in [0.15, 0.2) is 0 Å². The van der Waals surface area contributed by atoms with Crippen molar-refractivity contribution in [1.29, 1.82) is 0 Å². The lowest BCUT2D eigenvalue weighted by molar-refractivity contribution is -0.142. The highest BCUT2D eigenvalue weighted by Crippen LogP contribution is 2.03. The molecule has 9 nitrogen and oxygen atoms in total. The Bertz CT molecular complexity index is 348. The first kappa shape index (κ1) is 18.3. The molecule has 9 N–H and O–H groups in total. The fourth-order valence-electron chi connectivity index (χ4n) is 1.50. The summed E-state index contributed by atoms with van der Waals surface area (Å²) >= 11 is 0. The first-order valence-corrected chi connectivity index (χ1v) is 6.25. The summed E-state index contributed by atoms with van der Waals surface area (Å²) in [7, 11) is 0. The summed E-state index contributed by atoms with van der Waals surface area (Å²) in [5, 5.41) is 19.7. The summed E-state index contributed by atoms with van der Waals surface area (Å²) in [5.41, 5.74) is 16.2. The van der Waals surface area contributed by atoms with E-state index in [-0.39, 0.29) is 19.3 Å². The highest BCUT2D eigenvalue weighted by Gasteiger charge is 2.23. The van der Waals surface area contributed by atoms with Crippen molar-refractivity contribution in [2.24, 2.45) is 17.2 Å². The van der Waals surface area contributed by atoms with Crippen molar-refractivity contribution in [1.82, 2.24) is 5.32 Å². The van der Waals surface area contributed by atoms with Crippen molar-refractivity contribution in [2.45, 2.75) is 50.4 Å². The van der Waals surface area contributed by atoms with E-state index in [2.05, 4.69) is 5.32 Å². The topological polar surface area (TPSA) is 182 Å². The van der Waals surface area contributed by atoms with E-state index in [9.17, 15) is 14.4 Å². The van der Waals surface area contributed by atoms with Crippen LogP contribution in [0.4, 0.5) is 0 Å². The zero-order valence-corrected chi connectivity index (χ0v) is 11.1. The predicted molar refractivity (Wildman–Crippen MR) is 70.4 cm³/mol. The SMILES string of the molecule is NC(N)CCC[C@H](NC(=O)[C@@H](N)CCC(=O)O)C(=O)O. The molecule has 0 bridgehead atoms. The average Bonchev–Trinajstić information content (AvgIpc) is 2.33. The Morgan fingerprint density at radius 2 is 1.60 bits per heavy atom. The number of rotatable bonds is 10. The van der Waals surface area contributed by atoms with E-state index in [0.717, 1.165) is 0 Å². The number of carbonyl (C=O) groups is 3. The Balaban J connectivity index is 4.25. The molecular formula is C11H22N4O5. The molecule has 0 fully saturated rings. The maximum atomic E-state index is 11.6. The van der Waals surface area contributed by atoms with Crippen molar-refractivity contribution in [2.75, 3.05) is 0 Å². The van der Waals surface area contributed by atoms with Gasteiger partial charge in [-0.25, -0.2) is 4.79 Å². The maximum absolute atomic E-state index is 11.6. The minimum atomic E-state index is -1.19. The van der Waals surface area contributed by atoms with Gasteiger partial charge in [-0.05, 0) is 25.7 Å². The van der Waals surface area contributed by atoms with Gasteiger partial charge in [0.2, 0.25) is 5.91 Å². The molecule has 0 unspecified atom stereocenters. The van der Waals surface area contributed by atoms with Crippen LogP contribution in [0, 0.1) is 0 Å². The van der Waals surface area contributed by atoms with Gasteiger partial charge >= 0.3 is 11.9 Å². The fraction of sp³-hybridized carbons (Fsp3) is 0.727. The van der Waals surface area contributed by atoms with Crippen LogP contribution in [-0.4, -0.2) is 46.3 Å². The number of aliphatic carboxylic acids is 2. The monoisotopic (exact) mass is 290 g/mol. The molecule has 1 amide bonds. The Morgan fingerprint density at radius 1 is 1.00 bits per heavy atom. The van der Waals surface area contributed by atoms with Crippen molar-refractivity contribution < 1.29 is 24.6 Å². The van der Waals surface area contributed by atoms with Gasteiger partial charge in [0.15, 0.2) is 0 Å². The van der Waals surface area contributed by atoms with Gasteiger partial charge in [-0.1, -0.05) is 0 Å². The first-order valence-electron chi connectivity index (χ1n) is 6.25. The van der Waals surface area contributed by atoms with Crippen molar-refractivity contribution in [3.63, 3.8) is 0 Å². The second-order valence-corrected chi connectivity index (χ2v) is 4.53. The molecule has 0 saturated heterocycles. The minimum Gasteiger partial charge on any atom is -0.481 e. The number of carbonyl (C=O) groups excluding carboxylic acids is 1. The average molecular weight is 290 g/mol. The van der Waals surface area contributed by atoms with Gasteiger partial charge in [0.1, 0.15) is 6.04 Å². The normalized spacial score (nSPS) is 13.8. The number of carboxylic acid groups (broad SMARTS) is 2. The van der Waals surface area contributed by atoms with Gasteiger partial charge in [0, 0.05) is 6.42 Å². The van der Waals surface area contributed by atoms with Crippen LogP contribution in [0.1, 0.15) is 32.1 Å². The highest BCUT2D eigenvalue weighted by atomic mass is 16.4. The first-order chi connectivity index (χ1) is 9.23. The van der Waals surface area contributed by atoms with E-state index < -0.39 is 36.1 Å². The molecule has 0 aliphatic rings. The Kier molecular flexibility index (Phi) is 8.45. The van der Waals surface area contributed by atoms with Crippen LogP contribution in [0.5, 0.6) is 0 Å². The number of hydrogen-bond donors (Lipinski definition) is 6. The molecule has 0 aliphatic heterocycles. The maximum Gasteiger partial charge on any atom is 0.326 e. The third kappa shape index (κ3) is 8.40. The van der Waals surface area contributed by atoms with Crippen LogP contribution in [-0.2, 0) is 14.4 Å². The third-order valence-corrected chi connectivity index (χ3v) is 2.65. The summed E-state index contributed by atoms with van der Waals surface area (Å²) in [4.78, 5) is 33.0. The zero-order chi connectivity index (χ0) is 15.7. The molecule has 0 heterocycles. The number of carboxylic acids is 2. The van der Waals surface area contributed by atoms with Gasteiger partial charge in [-0.2, -0.15) is 0 Å².